The molecule has 2 rings (SSSR count). The van der Waals surface area contributed by atoms with E-state index in [0.29, 0.717) is 24.5 Å². The molecule has 7 heteroatoms. The van der Waals surface area contributed by atoms with Crippen molar-refractivity contribution in [2.75, 3.05) is 5.32 Å². The van der Waals surface area contributed by atoms with Crippen molar-refractivity contribution in [3.8, 4) is 0 Å². The second-order valence-corrected chi connectivity index (χ2v) is 3.76. The van der Waals surface area contributed by atoms with Crippen LogP contribution in [0.4, 0.5) is 5.82 Å². The molecule has 6 nitrogen and oxygen atoms in total. The average Bonchev–Trinajstić information content (AvgIpc) is 2.78. The van der Waals surface area contributed by atoms with Crippen LogP contribution in [0.15, 0.2) is 12.4 Å². The minimum absolute atomic E-state index is 0.155. The highest BCUT2D eigenvalue weighted by molar-refractivity contribution is 6.32. The molecule has 0 spiro atoms. The van der Waals surface area contributed by atoms with E-state index in [2.05, 4.69) is 25.5 Å². The Balaban J connectivity index is 2.22. The van der Waals surface area contributed by atoms with Crippen LogP contribution in [0.5, 0.6) is 0 Å². The Bertz CT molecular complexity index is 526. The molecule has 0 saturated heterocycles. The van der Waals surface area contributed by atoms with Crippen molar-refractivity contribution in [2.45, 2.75) is 13.5 Å². The highest BCUT2D eigenvalue weighted by Crippen LogP contribution is 2.19. The molecule has 0 atom stereocenters. The number of aryl methyl sites for hydroxylation is 1. The summed E-state index contributed by atoms with van der Waals surface area (Å²) in [4.78, 5) is 18.9. The number of halogens is 1. The van der Waals surface area contributed by atoms with Crippen molar-refractivity contribution in [2.24, 2.45) is 0 Å². The van der Waals surface area contributed by atoms with Crippen molar-refractivity contribution in [3.05, 3.63) is 34.5 Å². The lowest BCUT2D eigenvalue weighted by atomic mass is 10.3. The van der Waals surface area contributed by atoms with E-state index in [0.717, 1.165) is 5.56 Å². The Labute approximate surface area is 102 Å². The van der Waals surface area contributed by atoms with Crippen LogP contribution in [0, 0.1) is 6.92 Å². The first-order valence-corrected chi connectivity index (χ1v) is 5.29. The quantitative estimate of drug-likeness (QED) is 0.637. The zero-order chi connectivity index (χ0) is 12.3. The summed E-state index contributed by atoms with van der Waals surface area (Å²) in [6, 6.07) is 0. The van der Waals surface area contributed by atoms with Crippen molar-refractivity contribution in [3.63, 3.8) is 0 Å². The van der Waals surface area contributed by atoms with Crippen molar-refractivity contribution < 1.29 is 4.79 Å². The molecule has 17 heavy (non-hydrogen) atoms. The fraction of sp³-hybridized carbons (Fsp3) is 0.200. The molecule has 0 aliphatic carbocycles. The van der Waals surface area contributed by atoms with Crippen LogP contribution in [0.2, 0.25) is 5.15 Å². The highest BCUT2D eigenvalue weighted by atomic mass is 35.5. The first-order valence-electron chi connectivity index (χ1n) is 4.91. The molecule has 0 aliphatic rings. The first-order chi connectivity index (χ1) is 8.20. The largest absolute Gasteiger partial charge is 0.365 e. The zero-order valence-electron chi connectivity index (χ0n) is 9.07. The minimum Gasteiger partial charge on any atom is -0.365 e. The van der Waals surface area contributed by atoms with Crippen LogP contribution in [0.1, 0.15) is 21.7 Å². The van der Waals surface area contributed by atoms with Crippen molar-refractivity contribution >= 4 is 23.7 Å². The fourth-order valence-corrected chi connectivity index (χ4v) is 1.60. The van der Waals surface area contributed by atoms with Gasteiger partial charge in [-0.3, -0.25) is 9.89 Å². The van der Waals surface area contributed by atoms with E-state index in [1.54, 1.807) is 19.3 Å². The summed E-state index contributed by atoms with van der Waals surface area (Å²) in [6.07, 6.45) is 4.08. The van der Waals surface area contributed by atoms with Crippen LogP contribution in [0.3, 0.4) is 0 Å². The van der Waals surface area contributed by atoms with Gasteiger partial charge >= 0.3 is 0 Å². The van der Waals surface area contributed by atoms with Crippen LogP contribution in [-0.4, -0.2) is 26.5 Å². The molecule has 0 radical (unpaired) electrons. The number of aromatic nitrogens is 4. The van der Waals surface area contributed by atoms with Gasteiger partial charge in [0, 0.05) is 18.3 Å². The molecule has 2 N–H and O–H groups in total. The summed E-state index contributed by atoms with van der Waals surface area (Å²) in [7, 11) is 0. The lowest BCUT2D eigenvalue weighted by Crippen LogP contribution is -2.07. The van der Waals surface area contributed by atoms with Gasteiger partial charge in [-0.1, -0.05) is 11.6 Å². The van der Waals surface area contributed by atoms with E-state index in [9.17, 15) is 4.79 Å². The van der Waals surface area contributed by atoms with Gasteiger partial charge in [0.15, 0.2) is 6.29 Å². The van der Waals surface area contributed by atoms with Gasteiger partial charge in [-0.25, -0.2) is 9.97 Å². The Morgan fingerprint density at radius 1 is 1.53 bits per heavy atom. The number of anilines is 1. The van der Waals surface area contributed by atoms with Crippen molar-refractivity contribution in [1.82, 2.24) is 20.2 Å². The van der Waals surface area contributed by atoms with Gasteiger partial charge in [-0.05, 0) is 6.92 Å². The van der Waals surface area contributed by atoms with Crippen LogP contribution >= 0.6 is 11.6 Å². The number of carbonyl (C=O) groups excluding carboxylic acids is 1. The number of hydrogen-bond acceptors (Lipinski definition) is 5. The Kier molecular flexibility index (Phi) is 3.34. The maximum atomic E-state index is 10.9. The molecule has 0 fully saturated rings. The van der Waals surface area contributed by atoms with Crippen LogP contribution < -0.4 is 5.32 Å². The standard InChI is InChI=1S/C10H10ClN5O/c1-6-15-9(11)8(5-17)10(16-6)12-2-7-3-13-14-4-7/h3-5H,2H2,1H3,(H,13,14)(H,12,15,16). The zero-order valence-corrected chi connectivity index (χ0v) is 9.82. The van der Waals surface area contributed by atoms with E-state index < -0.39 is 0 Å². The molecule has 2 heterocycles. The Hall–Kier alpha value is -1.95. The molecule has 0 saturated carbocycles. The number of nitrogens with zero attached hydrogens (tertiary/aromatic N) is 3. The molecule has 2 aromatic rings. The molecule has 0 aliphatic heterocycles. The molecule has 0 bridgehead atoms. The van der Waals surface area contributed by atoms with Gasteiger partial charge in [0.2, 0.25) is 0 Å². The third-order valence-electron chi connectivity index (χ3n) is 2.14. The monoisotopic (exact) mass is 251 g/mol. The number of hydrogen-bond donors (Lipinski definition) is 2. The maximum Gasteiger partial charge on any atom is 0.156 e. The number of aldehydes is 1. The number of rotatable bonds is 4. The van der Waals surface area contributed by atoms with E-state index >= 15 is 0 Å². The average molecular weight is 252 g/mol. The third-order valence-corrected chi connectivity index (χ3v) is 2.43. The molecule has 88 valence electrons. The summed E-state index contributed by atoms with van der Waals surface area (Å²) in [6.45, 7) is 2.22. The van der Waals surface area contributed by atoms with Crippen LogP contribution in [-0.2, 0) is 6.54 Å². The molecule has 0 unspecified atom stereocenters. The summed E-state index contributed by atoms with van der Waals surface area (Å²) in [5.41, 5.74) is 1.22. The second kappa shape index (κ2) is 4.92. The smallest absolute Gasteiger partial charge is 0.156 e. The second-order valence-electron chi connectivity index (χ2n) is 3.40. The number of H-pyrrole nitrogens is 1. The lowest BCUT2D eigenvalue weighted by Gasteiger charge is -2.08. The predicted molar refractivity (Wildman–Crippen MR) is 63.1 cm³/mol. The van der Waals surface area contributed by atoms with Gasteiger partial charge in [0.05, 0.1) is 11.8 Å². The molecule has 2 aromatic heterocycles. The van der Waals surface area contributed by atoms with Gasteiger partial charge in [-0.2, -0.15) is 5.10 Å². The van der Waals surface area contributed by atoms with Crippen molar-refractivity contribution in [1.29, 1.82) is 0 Å². The van der Waals surface area contributed by atoms with Gasteiger partial charge in [0.1, 0.15) is 16.8 Å². The first kappa shape index (κ1) is 11.5. The third kappa shape index (κ3) is 2.59. The van der Waals surface area contributed by atoms with Gasteiger partial charge in [0.25, 0.3) is 0 Å². The van der Waals surface area contributed by atoms with E-state index in [1.165, 1.54) is 0 Å². The molecular formula is C10H10ClN5O. The SMILES string of the molecule is Cc1nc(Cl)c(C=O)c(NCc2cn[nH]c2)n1. The summed E-state index contributed by atoms with van der Waals surface area (Å²) in [5, 5.41) is 9.69. The van der Waals surface area contributed by atoms with E-state index in [4.69, 9.17) is 11.6 Å². The highest BCUT2D eigenvalue weighted by Gasteiger charge is 2.10. The summed E-state index contributed by atoms with van der Waals surface area (Å²) < 4.78 is 0. The van der Waals surface area contributed by atoms with Crippen LogP contribution in [0.25, 0.3) is 0 Å². The predicted octanol–water partition coefficient (Wildman–Crippen LogP) is 1.59. The lowest BCUT2D eigenvalue weighted by molar-refractivity contribution is 0.112. The van der Waals surface area contributed by atoms with Gasteiger partial charge in [-0.15, -0.1) is 0 Å². The minimum atomic E-state index is 0.155. The normalized spacial score (nSPS) is 10.2. The maximum absolute atomic E-state index is 10.9. The molecular weight excluding hydrogens is 242 g/mol. The fourth-order valence-electron chi connectivity index (χ4n) is 1.35. The molecule has 0 aromatic carbocycles. The Morgan fingerprint density at radius 2 is 2.35 bits per heavy atom. The topological polar surface area (TPSA) is 83.6 Å². The number of carbonyl (C=O) groups is 1. The van der Waals surface area contributed by atoms with E-state index in [-0.39, 0.29) is 10.7 Å². The summed E-state index contributed by atoms with van der Waals surface area (Å²) >= 11 is 5.85. The summed E-state index contributed by atoms with van der Waals surface area (Å²) in [5.74, 6) is 0.939. The molecule has 0 amide bonds. The van der Waals surface area contributed by atoms with E-state index in [1.807, 2.05) is 0 Å². The number of nitrogens with one attached hydrogen (secondary N) is 2. The Morgan fingerprint density at radius 3 is 3.00 bits per heavy atom. The van der Waals surface area contributed by atoms with Gasteiger partial charge < -0.3 is 5.32 Å². The number of aromatic amines is 1.